The average molecular weight is 319 g/mol. The van der Waals surface area contributed by atoms with E-state index >= 15 is 0 Å². The number of nitrogens with zero attached hydrogens (tertiary/aromatic N) is 1. The van der Waals surface area contributed by atoms with Crippen molar-refractivity contribution in [3.05, 3.63) is 29.8 Å². The molecular formula is C18H25NO4. The molecule has 5 heteroatoms. The Bertz CT molecular complexity index is 570. The lowest BCUT2D eigenvalue weighted by molar-refractivity contribution is -0.146. The van der Waals surface area contributed by atoms with Gasteiger partial charge >= 0.3 is 5.97 Å². The molecule has 0 aliphatic carbocycles. The first-order chi connectivity index (χ1) is 10.9. The number of para-hydroxylation sites is 1. The van der Waals surface area contributed by atoms with E-state index in [1.54, 1.807) is 4.90 Å². The number of carboxylic acid groups (broad SMARTS) is 1. The van der Waals surface area contributed by atoms with Gasteiger partial charge in [0.05, 0.1) is 18.4 Å². The molecule has 1 fully saturated rings. The molecule has 1 aromatic rings. The van der Waals surface area contributed by atoms with Crippen molar-refractivity contribution in [3.63, 3.8) is 0 Å². The smallest absolute Gasteiger partial charge is 0.308 e. The summed E-state index contributed by atoms with van der Waals surface area (Å²) in [4.78, 5) is 25.5. The van der Waals surface area contributed by atoms with Crippen LogP contribution in [0.15, 0.2) is 24.3 Å². The minimum Gasteiger partial charge on any atom is -0.491 e. The summed E-state index contributed by atoms with van der Waals surface area (Å²) in [6.07, 6.45) is 0.909. The van der Waals surface area contributed by atoms with Gasteiger partial charge < -0.3 is 14.7 Å². The number of carbonyl (C=O) groups excluding carboxylic acids is 1. The predicted molar refractivity (Wildman–Crippen MR) is 87.4 cm³/mol. The van der Waals surface area contributed by atoms with E-state index in [0.717, 1.165) is 11.3 Å². The normalized spacial score (nSPS) is 21.3. The first kappa shape index (κ1) is 17.3. The van der Waals surface area contributed by atoms with E-state index in [1.165, 1.54) is 0 Å². The van der Waals surface area contributed by atoms with E-state index in [-0.39, 0.29) is 24.3 Å². The first-order valence-corrected chi connectivity index (χ1v) is 8.12. The molecule has 2 atom stereocenters. The molecular weight excluding hydrogens is 294 g/mol. The summed E-state index contributed by atoms with van der Waals surface area (Å²) in [6.45, 7) is 6.80. The summed E-state index contributed by atoms with van der Waals surface area (Å²) in [5, 5.41) is 9.23. The summed E-state index contributed by atoms with van der Waals surface area (Å²) >= 11 is 0. The number of carbonyl (C=O) groups is 2. The van der Waals surface area contributed by atoms with Gasteiger partial charge in [0.1, 0.15) is 5.75 Å². The lowest BCUT2D eigenvalue weighted by Crippen LogP contribution is -2.46. The standard InChI is InChI=1S/C18H25NO4/c1-12(2)23-16-7-5-4-6-14(16)9-17(20)19-10-13(3)8-15(11-19)18(21)22/h4-7,12-13,15H,8-11H2,1-3H3,(H,21,22). The maximum atomic E-state index is 12.6. The van der Waals surface area contributed by atoms with Gasteiger partial charge in [-0.1, -0.05) is 25.1 Å². The monoisotopic (exact) mass is 319 g/mol. The zero-order valence-corrected chi connectivity index (χ0v) is 14.0. The lowest BCUT2D eigenvalue weighted by atomic mass is 9.90. The van der Waals surface area contributed by atoms with Crippen molar-refractivity contribution in [2.75, 3.05) is 13.1 Å². The first-order valence-electron chi connectivity index (χ1n) is 8.12. The van der Waals surface area contributed by atoms with Crippen molar-refractivity contribution in [1.29, 1.82) is 0 Å². The molecule has 0 spiro atoms. The molecule has 0 aromatic heterocycles. The third-order valence-corrected chi connectivity index (χ3v) is 4.04. The van der Waals surface area contributed by atoms with E-state index in [0.29, 0.717) is 19.5 Å². The van der Waals surface area contributed by atoms with Gasteiger partial charge in [0, 0.05) is 18.7 Å². The Labute approximate surface area is 137 Å². The van der Waals surface area contributed by atoms with Crippen molar-refractivity contribution in [2.24, 2.45) is 11.8 Å². The Morgan fingerprint density at radius 3 is 2.65 bits per heavy atom. The average Bonchev–Trinajstić information content (AvgIpc) is 2.48. The van der Waals surface area contributed by atoms with Gasteiger partial charge in [-0.3, -0.25) is 9.59 Å². The summed E-state index contributed by atoms with van der Waals surface area (Å²) in [5.74, 6) is -0.406. The maximum Gasteiger partial charge on any atom is 0.308 e. The second-order valence-corrected chi connectivity index (χ2v) is 6.63. The van der Waals surface area contributed by atoms with Crippen molar-refractivity contribution >= 4 is 11.9 Å². The Morgan fingerprint density at radius 2 is 2.00 bits per heavy atom. The third kappa shape index (κ3) is 4.71. The van der Waals surface area contributed by atoms with Crippen LogP contribution in [0.5, 0.6) is 5.75 Å². The summed E-state index contributed by atoms with van der Waals surface area (Å²) in [5.41, 5.74) is 0.844. The number of aliphatic carboxylic acids is 1. The van der Waals surface area contributed by atoms with Crippen LogP contribution in [0.2, 0.25) is 0 Å². The second kappa shape index (κ2) is 7.49. The summed E-state index contributed by atoms with van der Waals surface area (Å²) in [6, 6.07) is 7.52. The van der Waals surface area contributed by atoms with E-state index < -0.39 is 11.9 Å². The fourth-order valence-corrected chi connectivity index (χ4v) is 3.03. The summed E-state index contributed by atoms with van der Waals surface area (Å²) in [7, 11) is 0. The number of carboxylic acids is 1. The van der Waals surface area contributed by atoms with Crippen LogP contribution >= 0.6 is 0 Å². The number of ether oxygens (including phenoxy) is 1. The highest BCUT2D eigenvalue weighted by Gasteiger charge is 2.31. The predicted octanol–water partition coefficient (Wildman–Crippen LogP) is 2.59. The molecule has 2 rings (SSSR count). The highest BCUT2D eigenvalue weighted by molar-refractivity contribution is 5.80. The highest BCUT2D eigenvalue weighted by Crippen LogP contribution is 2.25. The molecule has 126 valence electrons. The third-order valence-electron chi connectivity index (χ3n) is 4.04. The second-order valence-electron chi connectivity index (χ2n) is 6.63. The Morgan fingerprint density at radius 1 is 1.30 bits per heavy atom. The Hall–Kier alpha value is -2.04. The highest BCUT2D eigenvalue weighted by atomic mass is 16.5. The number of rotatable bonds is 5. The molecule has 1 aliphatic rings. The zero-order valence-electron chi connectivity index (χ0n) is 14.0. The number of amides is 1. The van der Waals surface area contributed by atoms with Gasteiger partial charge in [0.15, 0.2) is 0 Å². The topological polar surface area (TPSA) is 66.8 Å². The van der Waals surface area contributed by atoms with Crippen LogP contribution in [0.25, 0.3) is 0 Å². The van der Waals surface area contributed by atoms with Crippen LogP contribution in [-0.4, -0.2) is 41.1 Å². The van der Waals surface area contributed by atoms with Crippen molar-refractivity contribution < 1.29 is 19.4 Å². The van der Waals surface area contributed by atoms with Crippen molar-refractivity contribution in [1.82, 2.24) is 4.90 Å². The van der Waals surface area contributed by atoms with E-state index in [9.17, 15) is 14.7 Å². The van der Waals surface area contributed by atoms with Crippen molar-refractivity contribution in [2.45, 2.75) is 39.7 Å². The van der Waals surface area contributed by atoms with Gasteiger partial charge in [0.25, 0.3) is 0 Å². The Balaban J connectivity index is 2.08. The molecule has 1 N–H and O–H groups in total. The van der Waals surface area contributed by atoms with E-state index in [2.05, 4.69) is 0 Å². The molecule has 23 heavy (non-hydrogen) atoms. The fraction of sp³-hybridized carbons (Fsp3) is 0.556. The number of piperidine rings is 1. The number of hydrogen-bond donors (Lipinski definition) is 1. The molecule has 1 saturated heterocycles. The molecule has 1 aromatic carbocycles. The Kier molecular flexibility index (Phi) is 5.64. The van der Waals surface area contributed by atoms with Crippen LogP contribution in [0, 0.1) is 11.8 Å². The van der Waals surface area contributed by atoms with Gasteiger partial charge in [0.2, 0.25) is 5.91 Å². The lowest BCUT2D eigenvalue weighted by Gasteiger charge is -2.34. The number of benzene rings is 1. The van der Waals surface area contributed by atoms with Gasteiger partial charge in [-0.15, -0.1) is 0 Å². The molecule has 1 aliphatic heterocycles. The molecule has 0 radical (unpaired) electrons. The van der Waals surface area contributed by atoms with Crippen LogP contribution in [0.3, 0.4) is 0 Å². The largest absolute Gasteiger partial charge is 0.491 e. The molecule has 1 heterocycles. The van der Waals surface area contributed by atoms with Gasteiger partial charge in [-0.05, 0) is 32.3 Å². The van der Waals surface area contributed by atoms with Crippen LogP contribution in [-0.2, 0) is 16.0 Å². The minimum atomic E-state index is -0.821. The van der Waals surface area contributed by atoms with Crippen LogP contribution < -0.4 is 4.74 Å². The number of hydrogen-bond acceptors (Lipinski definition) is 3. The quantitative estimate of drug-likeness (QED) is 0.906. The molecule has 0 bridgehead atoms. The van der Waals surface area contributed by atoms with Crippen LogP contribution in [0.4, 0.5) is 0 Å². The molecule has 2 unspecified atom stereocenters. The summed E-state index contributed by atoms with van der Waals surface area (Å²) < 4.78 is 5.75. The maximum absolute atomic E-state index is 12.6. The SMILES string of the molecule is CC1CC(C(=O)O)CN(C(=O)Cc2ccccc2OC(C)C)C1. The van der Waals surface area contributed by atoms with E-state index in [4.69, 9.17) is 4.74 Å². The van der Waals surface area contributed by atoms with Gasteiger partial charge in [-0.2, -0.15) is 0 Å². The molecule has 5 nitrogen and oxygen atoms in total. The van der Waals surface area contributed by atoms with E-state index in [1.807, 2.05) is 45.0 Å². The zero-order chi connectivity index (χ0) is 17.0. The van der Waals surface area contributed by atoms with Gasteiger partial charge in [-0.25, -0.2) is 0 Å². The minimum absolute atomic E-state index is 0.0393. The van der Waals surface area contributed by atoms with Crippen LogP contribution in [0.1, 0.15) is 32.8 Å². The van der Waals surface area contributed by atoms with Crippen molar-refractivity contribution in [3.8, 4) is 5.75 Å². The number of likely N-dealkylation sites (tertiary alicyclic amines) is 1. The fourth-order valence-electron chi connectivity index (χ4n) is 3.03. The molecule has 0 saturated carbocycles. The molecule has 1 amide bonds.